The van der Waals surface area contributed by atoms with Crippen molar-refractivity contribution in [2.24, 2.45) is 0 Å². The molecule has 0 amide bonds. The number of aliphatic carboxylic acids is 1. The van der Waals surface area contributed by atoms with Gasteiger partial charge in [-0.25, -0.2) is 8.78 Å². The molecule has 82 valence electrons. The monoisotopic (exact) mass is 299 g/mol. The summed E-state index contributed by atoms with van der Waals surface area (Å²) in [6, 6.07) is 0. The van der Waals surface area contributed by atoms with Gasteiger partial charge in [0.1, 0.15) is 5.69 Å². The molecule has 1 N–H and O–H groups in total. The Hall–Kier alpha value is -0.750. The molecule has 7 heteroatoms. The Labute approximate surface area is 97.2 Å². The van der Waals surface area contributed by atoms with Gasteiger partial charge in [0.05, 0.1) is 15.9 Å². The molecule has 0 aromatic carbocycles. The third kappa shape index (κ3) is 2.85. The maximum absolute atomic E-state index is 12.3. The van der Waals surface area contributed by atoms with Crippen LogP contribution >= 0.6 is 27.5 Å². The van der Waals surface area contributed by atoms with Crippen molar-refractivity contribution in [2.45, 2.75) is 12.8 Å². The highest BCUT2D eigenvalue weighted by Gasteiger charge is 2.19. The lowest BCUT2D eigenvalue weighted by Crippen LogP contribution is -2.03. The molecule has 0 aliphatic rings. The summed E-state index contributed by atoms with van der Waals surface area (Å²) in [6.07, 6.45) is -2.06. The van der Waals surface area contributed by atoms with E-state index in [1.807, 2.05) is 0 Å². The highest BCUT2D eigenvalue weighted by molar-refractivity contribution is 9.10. The third-order valence-corrected chi connectivity index (χ3v) is 3.07. The van der Waals surface area contributed by atoms with Gasteiger partial charge in [0.2, 0.25) is 0 Å². The zero-order valence-electron chi connectivity index (χ0n) is 7.18. The fourth-order valence-corrected chi connectivity index (χ4v) is 1.70. The summed E-state index contributed by atoms with van der Waals surface area (Å²) in [4.78, 5) is 13.8. The number of carboxylic acids is 1. The SMILES string of the molecule is O=C(O)Cc1cnc(C(F)F)c(Br)c1Cl. The van der Waals surface area contributed by atoms with E-state index in [0.29, 0.717) is 0 Å². The molecule has 0 unspecified atom stereocenters. The normalized spacial score (nSPS) is 10.7. The maximum Gasteiger partial charge on any atom is 0.307 e. The summed E-state index contributed by atoms with van der Waals surface area (Å²) in [5, 5.41) is 8.47. The van der Waals surface area contributed by atoms with Crippen molar-refractivity contribution in [1.82, 2.24) is 4.98 Å². The molecule has 0 aliphatic carbocycles. The molecule has 0 bridgehead atoms. The van der Waals surface area contributed by atoms with Crippen molar-refractivity contribution in [2.75, 3.05) is 0 Å². The topological polar surface area (TPSA) is 50.2 Å². The maximum atomic E-state index is 12.3. The van der Waals surface area contributed by atoms with Gasteiger partial charge in [-0.3, -0.25) is 9.78 Å². The fourth-order valence-electron chi connectivity index (χ4n) is 0.953. The number of carbonyl (C=O) groups is 1. The number of rotatable bonds is 3. The number of aromatic nitrogens is 1. The van der Waals surface area contributed by atoms with Crippen molar-refractivity contribution in [3.63, 3.8) is 0 Å². The van der Waals surface area contributed by atoms with Crippen LogP contribution in [0.2, 0.25) is 5.02 Å². The van der Waals surface area contributed by atoms with E-state index in [1.165, 1.54) is 0 Å². The molecule has 0 atom stereocenters. The van der Waals surface area contributed by atoms with E-state index < -0.39 is 18.1 Å². The van der Waals surface area contributed by atoms with Crippen molar-refractivity contribution in [3.8, 4) is 0 Å². The Bertz CT molecular complexity index is 400. The highest BCUT2D eigenvalue weighted by Crippen LogP contribution is 2.33. The molecular formula is C8H5BrClF2NO2. The second-order valence-electron chi connectivity index (χ2n) is 2.67. The lowest BCUT2D eigenvalue weighted by Gasteiger charge is -2.07. The number of alkyl halides is 2. The van der Waals surface area contributed by atoms with Gasteiger partial charge < -0.3 is 5.11 Å². The first kappa shape index (κ1) is 12.3. The average Bonchev–Trinajstić information content (AvgIpc) is 2.12. The first-order valence-corrected chi connectivity index (χ1v) is 4.93. The van der Waals surface area contributed by atoms with Gasteiger partial charge in [-0.2, -0.15) is 0 Å². The number of pyridine rings is 1. The van der Waals surface area contributed by atoms with Crippen LogP contribution < -0.4 is 0 Å². The number of hydrogen-bond donors (Lipinski definition) is 1. The summed E-state index contributed by atoms with van der Waals surface area (Å²) in [5.41, 5.74) is -0.297. The van der Waals surface area contributed by atoms with Crippen LogP contribution in [0.15, 0.2) is 10.7 Å². The van der Waals surface area contributed by atoms with Gasteiger partial charge in [-0.05, 0) is 15.9 Å². The summed E-state index contributed by atoms with van der Waals surface area (Å²) < 4.78 is 24.6. The molecule has 0 aliphatic heterocycles. The van der Waals surface area contributed by atoms with E-state index in [4.69, 9.17) is 16.7 Å². The number of nitrogens with zero attached hydrogens (tertiary/aromatic N) is 1. The summed E-state index contributed by atoms with van der Waals surface area (Å²) in [5.74, 6) is -1.10. The van der Waals surface area contributed by atoms with Crippen LogP contribution in [0.1, 0.15) is 17.7 Å². The molecule has 15 heavy (non-hydrogen) atoms. The van der Waals surface area contributed by atoms with E-state index in [2.05, 4.69) is 20.9 Å². The molecule has 1 rings (SSSR count). The summed E-state index contributed by atoms with van der Waals surface area (Å²) in [7, 11) is 0. The Balaban J connectivity index is 3.15. The summed E-state index contributed by atoms with van der Waals surface area (Å²) >= 11 is 8.56. The smallest absolute Gasteiger partial charge is 0.307 e. The minimum Gasteiger partial charge on any atom is -0.481 e. The Morgan fingerprint density at radius 2 is 2.27 bits per heavy atom. The van der Waals surface area contributed by atoms with Gasteiger partial charge >= 0.3 is 5.97 Å². The second-order valence-corrected chi connectivity index (χ2v) is 3.84. The molecule has 0 saturated heterocycles. The zero-order chi connectivity index (χ0) is 11.6. The van der Waals surface area contributed by atoms with Gasteiger partial charge in [0.15, 0.2) is 0 Å². The van der Waals surface area contributed by atoms with Crippen molar-refractivity contribution in [3.05, 3.63) is 26.9 Å². The van der Waals surface area contributed by atoms with Crippen molar-refractivity contribution in [1.29, 1.82) is 0 Å². The molecular weight excluding hydrogens is 295 g/mol. The molecule has 0 saturated carbocycles. The van der Waals surface area contributed by atoms with Crippen LogP contribution in [0.25, 0.3) is 0 Å². The van der Waals surface area contributed by atoms with Crippen LogP contribution in [0.3, 0.4) is 0 Å². The van der Waals surface area contributed by atoms with Crippen LogP contribution in [-0.4, -0.2) is 16.1 Å². The minimum atomic E-state index is -2.75. The molecule has 0 radical (unpaired) electrons. The molecule has 3 nitrogen and oxygen atoms in total. The molecule has 1 heterocycles. The van der Waals surface area contributed by atoms with Gasteiger partial charge in [-0.15, -0.1) is 0 Å². The van der Waals surface area contributed by atoms with Crippen molar-refractivity contribution < 1.29 is 18.7 Å². The van der Waals surface area contributed by atoms with E-state index in [9.17, 15) is 13.6 Å². The van der Waals surface area contributed by atoms with Crippen molar-refractivity contribution >= 4 is 33.5 Å². The Kier molecular flexibility index (Phi) is 3.98. The quantitative estimate of drug-likeness (QED) is 0.933. The van der Waals surface area contributed by atoms with Crippen LogP contribution in [0.5, 0.6) is 0 Å². The van der Waals surface area contributed by atoms with Crippen LogP contribution in [-0.2, 0) is 11.2 Å². The van der Waals surface area contributed by atoms with Gasteiger partial charge in [0.25, 0.3) is 6.43 Å². The Morgan fingerprint density at radius 3 is 2.73 bits per heavy atom. The second kappa shape index (κ2) is 4.85. The fraction of sp³-hybridized carbons (Fsp3) is 0.250. The molecule has 1 aromatic heterocycles. The number of carboxylic acid groups (broad SMARTS) is 1. The highest BCUT2D eigenvalue weighted by atomic mass is 79.9. The summed E-state index contributed by atoms with van der Waals surface area (Å²) in [6.45, 7) is 0. The minimum absolute atomic E-state index is 0.0392. The van der Waals surface area contributed by atoms with E-state index in [0.717, 1.165) is 6.20 Å². The predicted molar refractivity (Wildman–Crippen MR) is 53.2 cm³/mol. The number of hydrogen-bond acceptors (Lipinski definition) is 2. The standard InChI is InChI=1S/C8H5BrClF2NO2/c9-5-6(10)3(1-4(14)15)2-13-7(5)8(11)12/h2,8H,1H2,(H,14,15). The van der Waals surface area contributed by atoms with Crippen LogP contribution in [0, 0.1) is 0 Å². The van der Waals surface area contributed by atoms with E-state index in [-0.39, 0.29) is 21.5 Å². The number of halogens is 4. The van der Waals surface area contributed by atoms with Gasteiger partial charge in [-0.1, -0.05) is 11.6 Å². The van der Waals surface area contributed by atoms with Crippen LogP contribution in [0.4, 0.5) is 8.78 Å². The first-order valence-electron chi connectivity index (χ1n) is 3.76. The predicted octanol–water partition coefficient (Wildman–Crippen LogP) is 3.06. The van der Waals surface area contributed by atoms with Gasteiger partial charge in [0, 0.05) is 11.8 Å². The molecule has 1 aromatic rings. The largest absolute Gasteiger partial charge is 0.481 e. The average molecular weight is 300 g/mol. The van der Waals surface area contributed by atoms with E-state index >= 15 is 0 Å². The third-order valence-electron chi connectivity index (χ3n) is 1.61. The first-order chi connectivity index (χ1) is 6.93. The Morgan fingerprint density at radius 1 is 1.67 bits per heavy atom. The molecule has 0 fully saturated rings. The zero-order valence-corrected chi connectivity index (χ0v) is 9.52. The van der Waals surface area contributed by atoms with E-state index in [1.54, 1.807) is 0 Å². The lowest BCUT2D eigenvalue weighted by molar-refractivity contribution is -0.136. The molecule has 0 spiro atoms. The lowest BCUT2D eigenvalue weighted by atomic mass is 10.2.